The molecule has 0 N–H and O–H groups in total. The normalized spacial score (nSPS) is 19.5. The topological polar surface area (TPSA) is 60.4 Å². The van der Waals surface area contributed by atoms with Crippen LogP contribution < -0.4 is 0 Å². The van der Waals surface area contributed by atoms with Gasteiger partial charge in [0.2, 0.25) is 0 Å². The summed E-state index contributed by atoms with van der Waals surface area (Å²) >= 11 is 0. The molecule has 6 heteroatoms. The van der Waals surface area contributed by atoms with Gasteiger partial charge < -0.3 is 10.7 Å². The number of rotatable bonds is 9. The van der Waals surface area contributed by atoms with Crippen LogP contribution in [-0.2, 0) is 44.3 Å². The van der Waals surface area contributed by atoms with Gasteiger partial charge in [0.25, 0.3) is 0 Å². The van der Waals surface area contributed by atoms with Gasteiger partial charge in [-0.3, -0.25) is 4.79 Å². The van der Waals surface area contributed by atoms with Crippen molar-refractivity contribution in [2.45, 2.75) is 51.9 Å². The van der Waals surface area contributed by atoms with E-state index in [1.165, 1.54) is 29.4 Å². The van der Waals surface area contributed by atoms with Gasteiger partial charge in [-0.15, -0.1) is 0 Å². The van der Waals surface area contributed by atoms with Gasteiger partial charge in [-0.05, 0) is 41.0 Å². The molecule has 0 aromatic heterocycles. The van der Waals surface area contributed by atoms with Crippen molar-refractivity contribution in [3.8, 4) is 0 Å². The van der Waals surface area contributed by atoms with Crippen molar-refractivity contribution in [2.24, 2.45) is 5.41 Å². The fourth-order valence-electron chi connectivity index (χ4n) is 4.69. The van der Waals surface area contributed by atoms with Crippen molar-refractivity contribution in [1.29, 1.82) is 0 Å². The number of hydrogen-bond donors (Lipinski definition) is 0. The molecule has 1 saturated carbocycles. The number of carbonyl (C=O) groups excluding carboxylic acids is 1. The summed E-state index contributed by atoms with van der Waals surface area (Å²) in [4.78, 5) is 11.9. The van der Waals surface area contributed by atoms with Gasteiger partial charge >= 0.3 is 5.97 Å². The first-order valence-electron chi connectivity index (χ1n) is 10.4. The maximum Gasteiger partial charge on any atom is 0.306 e. The average Bonchev–Trinajstić information content (AvgIpc) is 3.04. The maximum absolute atomic E-state index is 12.8. The van der Waals surface area contributed by atoms with Gasteiger partial charge in [-0.1, -0.05) is 48.9 Å². The number of hydrogen-bond acceptors (Lipinski definition) is 4. The smallest absolute Gasteiger partial charge is 0.306 e. The molecule has 0 bridgehead atoms. The van der Waals surface area contributed by atoms with Crippen LogP contribution in [-0.4, -0.2) is 33.0 Å². The molecule has 2 aromatic rings. The second-order valence-electron chi connectivity index (χ2n) is 8.57. The Bertz CT molecular complexity index is 951. The molecule has 0 heterocycles. The van der Waals surface area contributed by atoms with Crippen LogP contribution in [0.2, 0.25) is 0 Å². The van der Waals surface area contributed by atoms with Crippen molar-refractivity contribution in [2.75, 3.05) is 18.6 Å². The predicted molar refractivity (Wildman–Crippen MR) is 117 cm³/mol. The van der Waals surface area contributed by atoms with Crippen molar-refractivity contribution in [3.05, 3.63) is 53.9 Å². The van der Waals surface area contributed by atoms with E-state index in [2.05, 4.69) is 37.3 Å². The molecular weight excluding hydrogens is 435 g/mol. The third-order valence-electron chi connectivity index (χ3n) is 6.06. The van der Waals surface area contributed by atoms with E-state index in [0.717, 1.165) is 25.7 Å². The minimum Gasteiger partial charge on any atom is -0.469 e. The number of carbonyl (C=O) groups is 1. The summed E-state index contributed by atoms with van der Waals surface area (Å²) < 4.78 is 30.5. The van der Waals surface area contributed by atoms with E-state index in [0.29, 0.717) is 12.8 Å². The molecule has 0 aliphatic heterocycles. The summed E-state index contributed by atoms with van der Waals surface area (Å²) in [5.74, 6) is 1.23. The van der Waals surface area contributed by atoms with E-state index >= 15 is 0 Å². The van der Waals surface area contributed by atoms with Crippen LogP contribution in [0.5, 0.6) is 0 Å². The number of unbranched alkanes of at least 4 members (excludes halogenated alkanes) is 1. The number of ether oxygens (including phenoxy) is 1. The Balaban J connectivity index is 0.00000320. The molecule has 0 saturated heterocycles. The Kier molecular flexibility index (Phi) is 9.02. The van der Waals surface area contributed by atoms with Gasteiger partial charge in [-0.2, -0.15) is 19.8 Å². The Hall–Kier alpha value is -1.30. The fourth-order valence-corrected chi connectivity index (χ4v) is 6.76. The summed E-state index contributed by atoms with van der Waals surface area (Å²) in [6.45, 7) is 2.05. The standard InChI is InChI=1S/C24H31O4S.V/c1-19-13-14-24(16-19,17-23(25)28-2)18-29(26,27)15-6-5-9-21-11-7-10-20-8-3-4-12-22(20)21;/h3-4,7-8,10-12H,5-6,9,13-18H2,1-2H3;/q-1;. The van der Waals surface area contributed by atoms with Crippen LogP contribution in [0.3, 0.4) is 0 Å². The Morgan fingerprint density at radius 1 is 1.13 bits per heavy atom. The van der Waals surface area contributed by atoms with Gasteiger partial charge in [0, 0.05) is 25.0 Å². The number of methoxy groups -OCH3 is 1. The molecule has 1 radical (unpaired) electrons. The molecule has 1 aliphatic rings. The number of fused-ring (bicyclic) bond motifs is 1. The van der Waals surface area contributed by atoms with Crippen LogP contribution in [0.25, 0.3) is 10.8 Å². The SMILES string of the molecule is COC(=O)CC1(CS(=O)(=O)CCCCc2cccc3ccccc23)CC[C-](C)C1.[V]. The molecule has 4 nitrogen and oxygen atoms in total. The first-order valence-corrected chi connectivity index (χ1v) is 12.2. The summed E-state index contributed by atoms with van der Waals surface area (Å²) in [7, 11) is -1.85. The van der Waals surface area contributed by atoms with Gasteiger partial charge in [0.05, 0.1) is 18.6 Å². The summed E-state index contributed by atoms with van der Waals surface area (Å²) in [5.41, 5.74) is 0.787. The minimum absolute atomic E-state index is 0. The van der Waals surface area contributed by atoms with E-state index in [1.54, 1.807) is 0 Å². The minimum atomic E-state index is -3.22. The van der Waals surface area contributed by atoms with E-state index in [-0.39, 0.29) is 42.5 Å². The molecule has 1 fully saturated rings. The third-order valence-corrected chi connectivity index (χ3v) is 8.03. The number of esters is 1. The van der Waals surface area contributed by atoms with Gasteiger partial charge in [0.15, 0.2) is 9.84 Å². The second kappa shape index (κ2) is 10.8. The number of aryl methyl sites for hydroxylation is 1. The van der Waals surface area contributed by atoms with Gasteiger partial charge in [-0.25, -0.2) is 8.42 Å². The van der Waals surface area contributed by atoms with Crippen LogP contribution in [0.15, 0.2) is 42.5 Å². The van der Waals surface area contributed by atoms with Crippen LogP contribution in [0, 0.1) is 11.3 Å². The largest absolute Gasteiger partial charge is 0.469 e. The second-order valence-corrected chi connectivity index (χ2v) is 10.8. The Morgan fingerprint density at radius 3 is 2.57 bits per heavy atom. The van der Waals surface area contributed by atoms with E-state index < -0.39 is 15.3 Å². The first-order chi connectivity index (χ1) is 13.8. The summed E-state index contributed by atoms with van der Waals surface area (Å²) in [6.07, 6.45) is 4.90. The zero-order chi connectivity index (χ0) is 20.9. The molecular formula is C24H31O4SV-. The molecule has 30 heavy (non-hydrogen) atoms. The Morgan fingerprint density at radius 2 is 1.87 bits per heavy atom. The Labute approximate surface area is 192 Å². The van der Waals surface area contributed by atoms with Crippen LogP contribution in [0.4, 0.5) is 0 Å². The first kappa shape index (κ1) is 25.0. The molecule has 1 atom stereocenters. The molecule has 0 amide bonds. The molecule has 2 aromatic carbocycles. The molecule has 0 spiro atoms. The maximum atomic E-state index is 12.8. The number of benzene rings is 2. The molecule has 3 rings (SSSR count). The quantitative estimate of drug-likeness (QED) is 0.300. The fraction of sp³-hybridized carbons (Fsp3) is 0.500. The zero-order valence-electron chi connectivity index (χ0n) is 17.9. The van der Waals surface area contributed by atoms with Crippen LogP contribution in [0.1, 0.15) is 51.0 Å². The molecule has 1 unspecified atom stereocenters. The molecule has 1 aliphatic carbocycles. The molecule has 163 valence electrons. The summed E-state index contributed by atoms with van der Waals surface area (Å²) in [5, 5.41) is 2.46. The van der Waals surface area contributed by atoms with E-state index in [1.807, 2.05) is 12.1 Å². The summed E-state index contributed by atoms with van der Waals surface area (Å²) in [6, 6.07) is 14.6. The number of sulfone groups is 1. The van der Waals surface area contributed by atoms with Crippen LogP contribution >= 0.6 is 0 Å². The third kappa shape index (κ3) is 6.60. The van der Waals surface area contributed by atoms with Gasteiger partial charge in [0.1, 0.15) is 0 Å². The van der Waals surface area contributed by atoms with E-state index in [9.17, 15) is 13.2 Å². The monoisotopic (exact) mass is 466 g/mol. The van der Waals surface area contributed by atoms with Crippen molar-refractivity contribution in [1.82, 2.24) is 0 Å². The average molecular weight is 467 g/mol. The van der Waals surface area contributed by atoms with Crippen molar-refractivity contribution in [3.63, 3.8) is 0 Å². The van der Waals surface area contributed by atoms with E-state index in [4.69, 9.17) is 4.74 Å². The predicted octanol–water partition coefficient (Wildman–Crippen LogP) is 4.90. The van der Waals surface area contributed by atoms with Crippen molar-refractivity contribution >= 4 is 26.6 Å². The zero-order valence-corrected chi connectivity index (χ0v) is 20.1. The van der Waals surface area contributed by atoms with Crippen molar-refractivity contribution < 1.29 is 36.5 Å².